The van der Waals surface area contributed by atoms with E-state index in [0.717, 1.165) is 0 Å². The predicted octanol–water partition coefficient (Wildman–Crippen LogP) is 2.60. The van der Waals surface area contributed by atoms with E-state index in [9.17, 15) is 14.7 Å². The number of hydrogen-bond donors (Lipinski definition) is 1. The summed E-state index contributed by atoms with van der Waals surface area (Å²) >= 11 is 0. The fourth-order valence-corrected chi connectivity index (χ4v) is 2.46. The summed E-state index contributed by atoms with van der Waals surface area (Å²) in [4.78, 5) is 24.9. The first-order valence-electron chi connectivity index (χ1n) is 6.82. The zero-order chi connectivity index (χ0) is 14.8. The maximum absolute atomic E-state index is 12.0. The van der Waals surface area contributed by atoms with Crippen molar-refractivity contribution in [3.8, 4) is 0 Å². The number of carbonyl (C=O) groups excluding carboxylic acids is 1. The molecule has 1 N–H and O–H groups in total. The van der Waals surface area contributed by atoms with Gasteiger partial charge in [-0.25, -0.2) is 4.79 Å². The third-order valence-corrected chi connectivity index (χ3v) is 3.48. The highest BCUT2D eigenvalue weighted by Crippen LogP contribution is 2.30. The molecule has 2 atom stereocenters. The van der Waals surface area contributed by atoms with E-state index >= 15 is 0 Å². The molecule has 1 saturated heterocycles. The second-order valence-electron chi connectivity index (χ2n) is 6.57. The van der Waals surface area contributed by atoms with Crippen LogP contribution >= 0.6 is 0 Å². The lowest BCUT2D eigenvalue weighted by atomic mass is 9.78. The van der Waals surface area contributed by atoms with E-state index in [4.69, 9.17) is 4.74 Å². The first-order valence-corrected chi connectivity index (χ1v) is 6.82. The predicted molar refractivity (Wildman–Crippen MR) is 71.9 cm³/mol. The Morgan fingerprint density at radius 2 is 1.89 bits per heavy atom. The van der Waals surface area contributed by atoms with Crippen LogP contribution in [0.3, 0.4) is 0 Å². The van der Waals surface area contributed by atoms with Crippen molar-refractivity contribution in [2.45, 2.75) is 46.6 Å². The van der Waals surface area contributed by atoms with Crippen LogP contribution in [-0.2, 0) is 9.53 Å². The Hall–Kier alpha value is -1.26. The van der Waals surface area contributed by atoms with Gasteiger partial charge in [-0.1, -0.05) is 13.8 Å². The van der Waals surface area contributed by atoms with E-state index in [0.29, 0.717) is 19.5 Å². The molecule has 1 aliphatic rings. The summed E-state index contributed by atoms with van der Waals surface area (Å²) in [6, 6.07) is 0. The summed E-state index contributed by atoms with van der Waals surface area (Å²) in [5.74, 6) is -0.911. The summed E-state index contributed by atoms with van der Waals surface area (Å²) in [7, 11) is 0. The van der Waals surface area contributed by atoms with Crippen LogP contribution in [0.15, 0.2) is 0 Å². The van der Waals surface area contributed by atoms with E-state index in [2.05, 4.69) is 0 Å². The lowest BCUT2D eigenvalue weighted by Crippen LogP contribution is -2.49. The molecular weight excluding hydrogens is 246 g/mol. The fraction of sp³-hybridized carbons (Fsp3) is 0.857. The quantitative estimate of drug-likeness (QED) is 0.838. The third kappa shape index (κ3) is 4.40. The van der Waals surface area contributed by atoms with Gasteiger partial charge >= 0.3 is 12.1 Å². The second kappa shape index (κ2) is 5.80. The highest BCUT2D eigenvalue weighted by Gasteiger charge is 2.38. The van der Waals surface area contributed by atoms with Crippen LogP contribution in [0.5, 0.6) is 0 Å². The Morgan fingerprint density at radius 3 is 2.32 bits per heavy atom. The Morgan fingerprint density at radius 1 is 1.32 bits per heavy atom. The van der Waals surface area contributed by atoms with Gasteiger partial charge in [0.2, 0.25) is 0 Å². The van der Waals surface area contributed by atoms with E-state index in [-0.39, 0.29) is 23.8 Å². The molecule has 0 aromatic rings. The molecule has 0 radical (unpaired) electrons. The van der Waals surface area contributed by atoms with Crippen molar-refractivity contribution in [1.82, 2.24) is 4.90 Å². The lowest BCUT2D eigenvalue weighted by Gasteiger charge is -2.39. The molecular formula is C14H25NO4. The molecule has 19 heavy (non-hydrogen) atoms. The van der Waals surface area contributed by atoms with Crippen molar-refractivity contribution >= 4 is 12.1 Å². The number of nitrogens with zero attached hydrogens (tertiary/aromatic N) is 1. The molecule has 0 spiro atoms. The molecule has 1 aliphatic heterocycles. The molecule has 0 aromatic carbocycles. The summed E-state index contributed by atoms with van der Waals surface area (Å²) < 4.78 is 5.34. The molecule has 1 rings (SSSR count). The first-order chi connectivity index (χ1) is 8.61. The van der Waals surface area contributed by atoms with Gasteiger partial charge in [-0.05, 0) is 39.0 Å². The van der Waals surface area contributed by atoms with E-state index < -0.39 is 11.6 Å². The smallest absolute Gasteiger partial charge is 0.410 e. The number of piperidine rings is 1. The van der Waals surface area contributed by atoms with Crippen LogP contribution in [0.1, 0.15) is 41.0 Å². The summed E-state index contributed by atoms with van der Waals surface area (Å²) in [6.45, 7) is 10.4. The van der Waals surface area contributed by atoms with Crippen LogP contribution in [0, 0.1) is 17.8 Å². The number of carboxylic acids is 1. The van der Waals surface area contributed by atoms with Crippen LogP contribution in [0.2, 0.25) is 0 Å². The highest BCUT2D eigenvalue weighted by molar-refractivity contribution is 5.72. The van der Waals surface area contributed by atoms with Gasteiger partial charge < -0.3 is 14.7 Å². The molecule has 5 heteroatoms. The summed E-state index contributed by atoms with van der Waals surface area (Å²) in [6.07, 6.45) is 0.152. The first kappa shape index (κ1) is 15.8. The lowest BCUT2D eigenvalue weighted by molar-refractivity contribution is -0.146. The zero-order valence-corrected chi connectivity index (χ0v) is 12.5. The van der Waals surface area contributed by atoms with E-state index in [1.807, 2.05) is 34.6 Å². The van der Waals surface area contributed by atoms with Crippen molar-refractivity contribution in [2.75, 3.05) is 13.1 Å². The maximum Gasteiger partial charge on any atom is 0.410 e. The molecule has 5 nitrogen and oxygen atoms in total. The normalized spacial score (nSPS) is 24.4. The number of carboxylic acid groups (broad SMARTS) is 1. The van der Waals surface area contributed by atoms with Crippen LogP contribution in [0.25, 0.3) is 0 Å². The molecule has 0 unspecified atom stereocenters. The molecule has 110 valence electrons. The minimum absolute atomic E-state index is 0.0150. The maximum atomic E-state index is 12.0. The van der Waals surface area contributed by atoms with Gasteiger partial charge in [-0.15, -0.1) is 0 Å². The van der Waals surface area contributed by atoms with Gasteiger partial charge in [0.1, 0.15) is 5.60 Å². The van der Waals surface area contributed by atoms with Crippen molar-refractivity contribution in [3.63, 3.8) is 0 Å². The Bertz CT molecular complexity index is 346. The fourth-order valence-electron chi connectivity index (χ4n) is 2.46. The molecule has 1 heterocycles. The van der Waals surface area contributed by atoms with Crippen molar-refractivity contribution in [1.29, 1.82) is 0 Å². The van der Waals surface area contributed by atoms with Gasteiger partial charge in [0.15, 0.2) is 0 Å². The average molecular weight is 271 g/mol. The van der Waals surface area contributed by atoms with E-state index in [1.54, 1.807) is 4.90 Å². The number of ether oxygens (including phenoxy) is 1. The van der Waals surface area contributed by atoms with Gasteiger partial charge in [-0.2, -0.15) is 0 Å². The topological polar surface area (TPSA) is 66.8 Å². The zero-order valence-electron chi connectivity index (χ0n) is 12.5. The Balaban J connectivity index is 2.71. The van der Waals surface area contributed by atoms with E-state index in [1.165, 1.54) is 0 Å². The molecule has 0 aliphatic carbocycles. The van der Waals surface area contributed by atoms with Gasteiger partial charge in [0.25, 0.3) is 0 Å². The van der Waals surface area contributed by atoms with Gasteiger partial charge in [0, 0.05) is 13.1 Å². The summed E-state index contributed by atoms with van der Waals surface area (Å²) in [5, 5.41) is 9.23. The molecule has 0 saturated carbocycles. The number of carbonyl (C=O) groups is 2. The van der Waals surface area contributed by atoms with Crippen molar-refractivity contribution in [3.05, 3.63) is 0 Å². The SMILES string of the molecule is CC(C)[C@@H]1CN(C(=O)OC(C)(C)C)CC[C@@H]1C(=O)O. The average Bonchev–Trinajstić information content (AvgIpc) is 2.25. The van der Waals surface area contributed by atoms with Crippen LogP contribution in [-0.4, -0.2) is 40.8 Å². The second-order valence-corrected chi connectivity index (χ2v) is 6.57. The van der Waals surface area contributed by atoms with Crippen molar-refractivity contribution < 1.29 is 19.4 Å². The monoisotopic (exact) mass is 271 g/mol. The number of rotatable bonds is 2. The standard InChI is InChI=1S/C14H25NO4/c1-9(2)11-8-15(7-6-10(11)12(16)17)13(18)19-14(3,4)5/h9-11H,6-8H2,1-5H3,(H,16,17)/t10-,11-/m0/s1. The van der Waals surface area contributed by atoms with Crippen LogP contribution < -0.4 is 0 Å². The summed E-state index contributed by atoms with van der Waals surface area (Å²) in [5.41, 5.74) is -0.520. The number of amides is 1. The molecule has 1 amide bonds. The van der Waals surface area contributed by atoms with Crippen molar-refractivity contribution in [2.24, 2.45) is 17.8 Å². The number of aliphatic carboxylic acids is 1. The highest BCUT2D eigenvalue weighted by atomic mass is 16.6. The number of likely N-dealkylation sites (tertiary alicyclic amines) is 1. The minimum Gasteiger partial charge on any atom is -0.481 e. The molecule has 1 fully saturated rings. The van der Waals surface area contributed by atoms with Crippen LogP contribution in [0.4, 0.5) is 4.79 Å². The van der Waals surface area contributed by atoms with Gasteiger partial charge in [-0.3, -0.25) is 4.79 Å². The van der Waals surface area contributed by atoms with Gasteiger partial charge in [0.05, 0.1) is 5.92 Å². The molecule has 0 bridgehead atoms. The Kier molecular flexibility index (Phi) is 4.82. The molecule has 0 aromatic heterocycles. The third-order valence-electron chi connectivity index (χ3n) is 3.48. The number of hydrogen-bond acceptors (Lipinski definition) is 3. The largest absolute Gasteiger partial charge is 0.481 e. The Labute approximate surface area is 114 Å². The minimum atomic E-state index is -0.762.